The highest BCUT2D eigenvalue weighted by atomic mass is 16.5. The maximum absolute atomic E-state index is 10.3. The van der Waals surface area contributed by atoms with E-state index in [0.717, 1.165) is 77.2 Å². The van der Waals surface area contributed by atoms with Crippen molar-refractivity contribution in [1.29, 1.82) is 0 Å². The second-order valence-corrected chi connectivity index (χ2v) is 10.2. The van der Waals surface area contributed by atoms with Gasteiger partial charge in [-0.15, -0.1) is 0 Å². The molecule has 184 valence electrons. The van der Waals surface area contributed by atoms with Gasteiger partial charge in [0.1, 0.15) is 12.4 Å². The van der Waals surface area contributed by atoms with Crippen molar-refractivity contribution in [2.45, 2.75) is 38.6 Å². The Hall–Kier alpha value is -3.53. The minimum absolute atomic E-state index is 0.0367. The molecule has 9 nitrogen and oxygen atoms in total. The van der Waals surface area contributed by atoms with Crippen molar-refractivity contribution in [3.63, 3.8) is 0 Å². The van der Waals surface area contributed by atoms with Gasteiger partial charge in [0.05, 0.1) is 23.6 Å². The number of hydrogen-bond acceptors (Lipinski definition) is 7. The predicted octanol–water partition coefficient (Wildman–Crippen LogP) is 3.18. The SMILES string of the molecule is C[C@@H]1OCC2(CCN(c3nc4c(c(-c5cccc6ncccc56)cn4CO)c4nccn34)CC2)[C@@H]1N. The van der Waals surface area contributed by atoms with Crippen LogP contribution in [0.15, 0.2) is 55.1 Å². The number of rotatable bonds is 3. The normalized spacial score (nSPS) is 21.9. The zero-order chi connectivity index (χ0) is 24.4. The minimum Gasteiger partial charge on any atom is -0.376 e. The standard InChI is InChI=1S/C27H29N7O2/c1-17-23(28)27(15-36-17)7-11-32(12-8-27)26-31-25-22(24-30-10-13-34(24)26)20(14-33(25)16-35)18-4-2-6-21-19(18)5-3-9-29-21/h2-6,9-10,13-14,17,23,35H,7-8,11-12,15-16,28H2,1H3/t17-,23+/m0/s1. The van der Waals surface area contributed by atoms with Crippen LogP contribution in [0.3, 0.4) is 0 Å². The first-order valence-electron chi connectivity index (χ1n) is 12.5. The van der Waals surface area contributed by atoms with Crippen molar-refractivity contribution in [3.8, 4) is 11.1 Å². The number of nitrogens with zero attached hydrogens (tertiary/aromatic N) is 6. The Morgan fingerprint density at radius 2 is 1.94 bits per heavy atom. The molecule has 0 unspecified atom stereocenters. The average molecular weight is 484 g/mol. The number of aromatic nitrogens is 5. The average Bonchev–Trinajstić information content (AvgIpc) is 3.61. The van der Waals surface area contributed by atoms with Crippen LogP contribution >= 0.6 is 0 Å². The van der Waals surface area contributed by atoms with Crippen molar-refractivity contribution in [2.24, 2.45) is 11.1 Å². The lowest BCUT2D eigenvalue weighted by molar-refractivity contribution is 0.0973. The lowest BCUT2D eigenvalue weighted by Gasteiger charge is -2.41. The number of imidazole rings is 1. The van der Waals surface area contributed by atoms with E-state index in [0.29, 0.717) is 0 Å². The summed E-state index contributed by atoms with van der Waals surface area (Å²) in [5, 5.41) is 12.2. The molecule has 2 saturated heterocycles. The minimum atomic E-state index is -0.171. The maximum atomic E-state index is 10.3. The summed E-state index contributed by atoms with van der Waals surface area (Å²) in [6, 6.07) is 10.2. The highest BCUT2D eigenvalue weighted by molar-refractivity contribution is 6.09. The summed E-state index contributed by atoms with van der Waals surface area (Å²) >= 11 is 0. The van der Waals surface area contributed by atoms with Crippen LogP contribution in [0.25, 0.3) is 38.7 Å². The number of fused-ring (bicyclic) bond motifs is 4. The summed E-state index contributed by atoms with van der Waals surface area (Å²) in [5.41, 5.74) is 11.1. The third-order valence-electron chi connectivity index (χ3n) is 8.31. The molecular weight excluding hydrogens is 454 g/mol. The Morgan fingerprint density at radius 1 is 1.08 bits per heavy atom. The van der Waals surface area contributed by atoms with E-state index >= 15 is 0 Å². The van der Waals surface area contributed by atoms with Crippen LogP contribution in [0.2, 0.25) is 0 Å². The van der Waals surface area contributed by atoms with E-state index in [4.69, 9.17) is 20.4 Å². The van der Waals surface area contributed by atoms with E-state index in [9.17, 15) is 5.11 Å². The fourth-order valence-corrected chi connectivity index (χ4v) is 6.18. The molecule has 1 aromatic carbocycles. The Bertz CT molecular complexity index is 1590. The van der Waals surface area contributed by atoms with Crippen LogP contribution in [0.5, 0.6) is 0 Å². The van der Waals surface area contributed by atoms with Gasteiger partial charge in [-0.2, -0.15) is 4.98 Å². The number of pyridine rings is 1. The number of piperidine rings is 1. The Balaban J connectivity index is 1.37. The van der Waals surface area contributed by atoms with Crippen LogP contribution in [0.1, 0.15) is 19.8 Å². The van der Waals surface area contributed by atoms with E-state index in [2.05, 4.69) is 33.3 Å². The molecule has 0 aliphatic carbocycles. The largest absolute Gasteiger partial charge is 0.376 e. The van der Waals surface area contributed by atoms with E-state index in [1.807, 2.05) is 36.8 Å². The summed E-state index contributed by atoms with van der Waals surface area (Å²) in [6.45, 7) is 4.32. The first kappa shape index (κ1) is 21.7. The summed E-state index contributed by atoms with van der Waals surface area (Å²) in [4.78, 5) is 16.7. The maximum Gasteiger partial charge on any atom is 0.213 e. The highest BCUT2D eigenvalue weighted by Gasteiger charge is 2.47. The van der Waals surface area contributed by atoms with Crippen molar-refractivity contribution in [1.82, 2.24) is 23.9 Å². The first-order chi connectivity index (χ1) is 17.6. The predicted molar refractivity (Wildman–Crippen MR) is 139 cm³/mol. The van der Waals surface area contributed by atoms with Crippen LogP contribution in [-0.2, 0) is 11.5 Å². The van der Waals surface area contributed by atoms with E-state index < -0.39 is 0 Å². The Labute approximate surface area is 208 Å². The van der Waals surface area contributed by atoms with Crippen molar-refractivity contribution >= 4 is 33.5 Å². The molecule has 3 N–H and O–H groups in total. The van der Waals surface area contributed by atoms with Gasteiger partial charge in [-0.05, 0) is 37.5 Å². The number of anilines is 1. The smallest absolute Gasteiger partial charge is 0.213 e. The molecule has 2 fully saturated rings. The van der Waals surface area contributed by atoms with Crippen LogP contribution in [-0.4, -0.2) is 60.9 Å². The van der Waals surface area contributed by atoms with E-state index in [1.165, 1.54) is 0 Å². The summed E-state index contributed by atoms with van der Waals surface area (Å²) in [5.74, 6) is 0.837. The summed E-state index contributed by atoms with van der Waals surface area (Å²) < 4.78 is 9.78. The monoisotopic (exact) mass is 483 g/mol. The first-order valence-corrected chi connectivity index (χ1v) is 12.5. The van der Waals surface area contributed by atoms with Gasteiger partial charge in [0, 0.05) is 60.3 Å². The molecule has 0 bridgehead atoms. The molecule has 2 atom stereocenters. The van der Waals surface area contributed by atoms with Gasteiger partial charge >= 0.3 is 0 Å². The number of hydrogen-bond donors (Lipinski definition) is 2. The van der Waals surface area contributed by atoms with Gasteiger partial charge < -0.3 is 25.0 Å². The van der Waals surface area contributed by atoms with Crippen molar-refractivity contribution in [2.75, 3.05) is 24.6 Å². The molecule has 7 rings (SSSR count). The number of benzene rings is 1. The number of aliphatic hydroxyl groups excluding tert-OH is 1. The van der Waals surface area contributed by atoms with Crippen LogP contribution in [0.4, 0.5) is 5.95 Å². The number of aliphatic hydroxyl groups is 1. The lowest BCUT2D eigenvalue weighted by atomic mass is 9.73. The fraction of sp³-hybridized carbons (Fsp3) is 0.370. The molecule has 36 heavy (non-hydrogen) atoms. The third kappa shape index (κ3) is 3.03. The Morgan fingerprint density at radius 3 is 2.72 bits per heavy atom. The number of nitrogens with two attached hydrogens (primary N) is 1. The highest BCUT2D eigenvalue weighted by Crippen LogP contribution is 2.43. The quantitative estimate of drug-likeness (QED) is 0.406. The molecule has 2 aliphatic rings. The van der Waals surface area contributed by atoms with Gasteiger partial charge in [-0.3, -0.25) is 9.38 Å². The topological polar surface area (TPSA) is 107 Å². The van der Waals surface area contributed by atoms with Gasteiger partial charge in [0.2, 0.25) is 5.95 Å². The van der Waals surface area contributed by atoms with Crippen molar-refractivity contribution < 1.29 is 9.84 Å². The second-order valence-electron chi connectivity index (χ2n) is 10.2. The zero-order valence-corrected chi connectivity index (χ0v) is 20.2. The van der Waals surface area contributed by atoms with Crippen molar-refractivity contribution in [3.05, 3.63) is 55.1 Å². The van der Waals surface area contributed by atoms with Gasteiger partial charge in [0.25, 0.3) is 0 Å². The molecule has 9 heteroatoms. The molecule has 0 amide bonds. The molecule has 0 saturated carbocycles. The lowest BCUT2D eigenvalue weighted by Crippen LogP contribution is -2.51. The molecular formula is C27H29N7O2. The molecule has 0 radical (unpaired) electrons. The Kier molecular flexibility index (Phi) is 4.82. The molecule has 4 aromatic heterocycles. The van der Waals surface area contributed by atoms with Gasteiger partial charge in [-0.1, -0.05) is 18.2 Å². The summed E-state index contributed by atoms with van der Waals surface area (Å²) in [6.07, 6.45) is 9.59. The van der Waals surface area contributed by atoms with E-state index in [1.54, 1.807) is 10.8 Å². The van der Waals surface area contributed by atoms with Gasteiger partial charge in [0.15, 0.2) is 5.65 Å². The van der Waals surface area contributed by atoms with Crippen LogP contribution in [0, 0.1) is 5.41 Å². The van der Waals surface area contributed by atoms with E-state index in [-0.39, 0.29) is 24.3 Å². The number of ether oxygens (including phenoxy) is 1. The zero-order valence-electron chi connectivity index (χ0n) is 20.2. The molecule has 2 aliphatic heterocycles. The molecule has 1 spiro atoms. The molecule has 6 heterocycles. The van der Waals surface area contributed by atoms with Gasteiger partial charge in [-0.25, -0.2) is 4.98 Å². The third-order valence-corrected chi connectivity index (χ3v) is 8.31. The second kappa shape index (κ2) is 7.99. The fourth-order valence-electron chi connectivity index (χ4n) is 6.18. The summed E-state index contributed by atoms with van der Waals surface area (Å²) in [7, 11) is 0. The van der Waals surface area contributed by atoms with Crippen LogP contribution < -0.4 is 10.6 Å². The molecule has 5 aromatic rings.